The molecule has 2 atom stereocenters. The van der Waals surface area contributed by atoms with Gasteiger partial charge >= 0.3 is 0 Å². The molecule has 0 saturated heterocycles. The summed E-state index contributed by atoms with van der Waals surface area (Å²) < 4.78 is 5.17. The Hall–Kier alpha value is -1.62. The maximum atomic E-state index is 12.3. The van der Waals surface area contributed by atoms with Gasteiger partial charge in [0.1, 0.15) is 0 Å². The molecule has 1 heterocycles. The molecule has 104 valence electrons. The third kappa shape index (κ3) is 2.50. The van der Waals surface area contributed by atoms with E-state index in [1.807, 2.05) is 18.2 Å². The first-order chi connectivity index (χ1) is 9.65. The van der Waals surface area contributed by atoms with Gasteiger partial charge in [0.05, 0.1) is 5.39 Å². The van der Waals surface area contributed by atoms with Crippen LogP contribution < -0.4 is 5.32 Å². The molecule has 4 nitrogen and oxygen atoms in total. The Labute approximate surface area is 125 Å². The van der Waals surface area contributed by atoms with E-state index in [-0.39, 0.29) is 16.8 Å². The molecule has 1 aliphatic rings. The summed E-state index contributed by atoms with van der Waals surface area (Å²) in [4.78, 5) is 12.6. The average molecular weight is 335 g/mol. The highest BCUT2D eigenvalue weighted by Crippen LogP contribution is 2.28. The molecule has 2 aromatic rings. The van der Waals surface area contributed by atoms with E-state index in [1.165, 1.54) is 5.57 Å². The summed E-state index contributed by atoms with van der Waals surface area (Å²) in [5.74, 6) is -0.183. The zero-order valence-electron chi connectivity index (χ0n) is 10.9. The predicted molar refractivity (Wildman–Crippen MR) is 81.0 cm³/mol. The number of allylic oxidation sites excluding steroid dienone is 1. The van der Waals surface area contributed by atoms with Crippen molar-refractivity contribution < 1.29 is 9.32 Å². The van der Waals surface area contributed by atoms with Crippen LogP contribution in [0.5, 0.6) is 0 Å². The van der Waals surface area contributed by atoms with Gasteiger partial charge in [0.2, 0.25) is 0 Å². The lowest BCUT2D eigenvalue weighted by Gasteiger charge is -2.29. The van der Waals surface area contributed by atoms with Crippen molar-refractivity contribution in [2.75, 3.05) is 0 Å². The minimum absolute atomic E-state index is 0.100. The van der Waals surface area contributed by atoms with Gasteiger partial charge in [-0.05, 0) is 31.4 Å². The summed E-state index contributed by atoms with van der Waals surface area (Å²) in [5.41, 5.74) is 2.21. The number of halogens is 1. The molecule has 1 aromatic carbocycles. The Morgan fingerprint density at radius 3 is 3.05 bits per heavy atom. The number of alkyl halides is 1. The summed E-state index contributed by atoms with van der Waals surface area (Å²) in [7, 11) is 0. The van der Waals surface area contributed by atoms with E-state index in [0.29, 0.717) is 11.3 Å². The Morgan fingerprint density at radius 1 is 1.45 bits per heavy atom. The van der Waals surface area contributed by atoms with E-state index in [1.54, 1.807) is 6.07 Å². The number of nitrogens with zero attached hydrogens (tertiary/aromatic N) is 1. The molecular formula is C15H15BrN2O2. The van der Waals surface area contributed by atoms with Crippen molar-refractivity contribution in [3.05, 3.63) is 42.1 Å². The molecule has 1 aromatic heterocycles. The largest absolute Gasteiger partial charge is 0.355 e. The molecule has 1 saturated carbocycles. The topological polar surface area (TPSA) is 55.1 Å². The fraction of sp³-hybridized carbons (Fsp3) is 0.333. The van der Waals surface area contributed by atoms with E-state index >= 15 is 0 Å². The highest BCUT2D eigenvalue weighted by molar-refractivity contribution is 9.09. The molecule has 20 heavy (non-hydrogen) atoms. The number of hydrogen-bond acceptors (Lipinski definition) is 3. The highest BCUT2D eigenvalue weighted by atomic mass is 79.9. The number of fused-ring (bicyclic) bond motifs is 1. The second-order valence-corrected chi connectivity index (χ2v) is 6.29. The van der Waals surface area contributed by atoms with Gasteiger partial charge in [-0.1, -0.05) is 45.4 Å². The molecule has 5 heteroatoms. The molecule has 0 aliphatic heterocycles. The van der Waals surface area contributed by atoms with Crippen LogP contribution in [0.25, 0.3) is 11.0 Å². The SMILES string of the molecule is C=C1CCC(NC(=O)c2noc3ccccc23)C(Br)C1. The predicted octanol–water partition coefficient (Wildman–Crippen LogP) is 3.43. The minimum Gasteiger partial charge on any atom is -0.355 e. The number of aromatic nitrogens is 1. The third-order valence-electron chi connectivity index (χ3n) is 3.64. The molecule has 0 bridgehead atoms. The van der Waals surface area contributed by atoms with Crippen molar-refractivity contribution in [3.8, 4) is 0 Å². The lowest BCUT2D eigenvalue weighted by Crippen LogP contribution is -2.43. The summed E-state index contributed by atoms with van der Waals surface area (Å²) in [6.07, 6.45) is 2.74. The summed E-state index contributed by atoms with van der Waals surface area (Å²) in [6.45, 7) is 4.00. The number of rotatable bonds is 2. The molecule has 1 aliphatic carbocycles. The van der Waals surface area contributed by atoms with Gasteiger partial charge < -0.3 is 9.84 Å². The van der Waals surface area contributed by atoms with Crippen molar-refractivity contribution in [1.82, 2.24) is 10.5 Å². The Morgan fingerprint density at radius 2 is 2.25 bits per heavy atom. The van der Waals surface area contributed by atoms with Crippen LogP contribution in [0.2, 0.25) is 0 Å². The number of para-hydroxylation sites is 1. The normalized spacial score (nSPS) is 22.9. The van der Waals surface area contributed by atoms with Gasteiger partial charge in [0.25, 0.3) is 5.91 Å². The average Bonchev–Trinajstić information content (AvgIpc) is 2.86. The van der Waals surface area contributed by atoms with Crippen LogP contribution >= 0.6 is 15.9 Å². The van der Waals surface area contributed by atoms with Gasteiger partial charge in [0, 0.05) is 10.9 Å². The van der Waals surface area contributed by atoms with E-state index < -0.39 is 0 Å². The molecule has 1 N–H and O–H groups in total. The van der Waals surface area contributed by atoms with Gasteiger partial charge in [0.15, 0.2) is 11.3 Å². The molecule has 1 amide bonds. The van der Waals surface area contributed by atoms with Crippen LogP contribution in [0.4, 0.5) is 0 Å². The number of hydrogen-bond donors (Lipinski definition) is 1. The van der Waals surface area contributed by atoms with E-state index in [2.05, 4.69) is 33.0 Å². The van der Waals surface area contributed by atoms with Gasteiger partial charge in [-0.25, -0.2) is 0 Å². The lowest BCUT2D eigenvalue weighted by molar-refractivity contribution is 0.0925. The fourth-order valence-corrected chi connectivity index (χ4v) is 3.36. The molecular weight excluding hydrogens is 320 g/mol. The van der Waals surface area contributed by atoms with Crippen LogP contribution in [0.15, 0.2) is 40.9 Å². The fourth-order valence-electron chi connectivity index (χ4n) is 2.51. The van der Waals surface area contributed by atoms with Crippen molar-refractivity contribution >= 4 is 32.8 Å². The van der Waals surface area contributed by atoms with E-state index in [4.69, 9.17) is 4.52 Å². The Kier molecular flexibility index (Phi) is 3.61. The first kappa shape index (κ1) is 13.4. The number of carbonyl (C=O) groups is 1. The van der Waals surface area contributed by atoms with Gasteiger partial charge in [-0.15, -0.1) is 0 Å². The minimum atomic E-state index is -0.183. The highest BCUT2D eigenvalue weighted by Gasteiger charge is 2.27. The van der Waals surface area contributed by atoms with Crippen molar-refractivity contribution in [2.45, 2.75) is 30.1 Å². The van der Waals surface area contributed by atoms with Crippen LogP contribution in [0.1, 0.15) is 29.8 Å². The van der Waals surface area contributed by atoms with Crippen LogP contribution in [-0.4, -0.2) is 21.9 Å². The van der Waals surface area contributed by atoms with Gasteiger partial charge in [-0.3, -0.25) is 4.79 Å². The second-order valence-electron chi connectivity index (χ2n) is 5.12. The molecule has 0 spiro atoms. The van der Waals surface area contributed by atoms with Crippen LogP contribution in [-0.2, 0) is 0 Å². The quantitative estimate of drug-likeness (QED) is 0.676. The Bertz CT molecular complexity index is 665. The third-order valence-corrected chi connectivity index (χ3v) is 4.60. The standard InChI is InChI=1S/C15H15BrN2O2/c1-9-6-7-12(11(16)8-9)17-15(19)14-10-4-2-3-5-13(10)20-18-14/h2-5,11-12H,1,6-8H2,(H,17,19). The molecule has 0 radical (unpaired) electrons. The number of carbonyl (C=O) groups excluding carboxylic acids is 1. The smallest absolute Gasteiger partial charge is 0.274 e. The summed E-state index contributed by atoms with van der Waals surface area (Å²) in [6, 6.07) is 7.47. The first-order valence-electron chi connectivity index (χ1n) is 6.61. The summed E-state index contributed by atoms with van der Waals surface area (Å²) >= 11 is 3.62. The van der Waals surface area contributed by atoms with E-state index in [9.17, 15) is 4.79 Å². The zero-order chi connectivity index (χ0) is 14.1. The number of amides is 1. The number of nitrogens with one attached hydrogen (secondary N) is 1. The Balaban J connectivity index is 1.78. The maximum Gasteiger partial charge on any atom is 0.274 e. The van der Waals surface area contributed by atoms with Crippen molar-refractivity contribution in [3.63, 3.8) is 0 Å². The lowest BCUT2D eigenvalue weighted by atomic mass is 9.91. The first-order valence-corrected chi connectivity index (χ1v) is 7.52. The van der Waals surface area contributed by atoms with Gasteiger partial charge in [-0.2, -0.15) is 0 Å². The molecule has 3 rings (SSSR count). The molecule has 1 fully saturated rings. The summed E-state index contributed by atoms with van der Waals surface area (Å²) in [5, 5.41) is 7.66. The van der Waals surface area contributed by atoms with Crippen LogP contribution in [0, 0.1) is 0 Å². The number of benzene rings is 1. The van der Waals surface area contributed by atoms with Crippen molar-refractivity contribution in [1.29, 1.82) is 0 Å². The zero-order valence-corrected chi connectivity index (χ0v) is 12.5. The van der Waals surface area contributed by atoms with Crippen molar-refractivity contribution in [2.24, 2.45) is 0 Å². The van der Waals surface area contributed by atoms with Crippen LogP contribution in [0.3, 0.4) is 0 Å². The molecule has 2 unspecified atom stereocenters. The van der Waals surface area contributed by atoms with E-state index in [0.717, 1.165) is 24.6 Å². The second kappa shape index (κ2) is 5.40. The monoisotopic (exact) mass is 334 g/mol. The maximum absolute atomic E-state index is 12.3.